The molecule has 0 unspecified atom stereocenters. The Morgan fingerprint density at radius 1 is 0.897 bits per heavy atom. The Labute approximate surface area is 170 Å². The van der Waals surface area contributed by atoms with Crippen LogP contribution in [0.5, 0.6) is 17.2 Å². The first-order chi connectivity index (χ1) is 13.9. The minimum Gasteiger partial charge on any atom is -0.493 e. The molecule has 0 aliphatic heterocycles. The molecule has 1 amide bonds. The summed E-state index contributed by atoms with van der Waals surface area (Å²) in [6.45, 7) is 3.70. The number of amides is 1. The van der Waals surface area contributed by atoms with Crippen molar-refractivity contribution < 1.29 is 28.5 Å². The van der Waals surface area contributed by atoms with Crippen molar-refractivity contribution in [1.82, 2.24) is 5.32 Å². The number of rotatable bonds is 10. The van der Waals surface area contributed by atoms with Crippen LogP contribution in [-0.4, -0.2) is 45.9 Å². The quantitative estimate of drug-likeness (QED) is 0.616. The van der Waals surface area contributed by atoms with Gasteiger partial charge in [0.1, 0.15) is 5.75 Å². The number of esters is 1. The molecule has 156 valence electrons. The number of benzene rings is 2. The van der Waals surface area contributed by atoms with Gasteiger partial charge in [-0.1, -0.05) is 23.8 Å². The number of aryl methyl sites for hydroxylation is 2. The fourth-order valence-electron chi connectivity index (χ4n) is 2.72. The highest BCUT2D eigenvalue weighted by Crippen LogP contribution is 2.27. The largest absolute Gasteiger partial charge is 0.493 e. The summed E-state index contributed by atoms with van der Waals surface area (Å²) in [5, 5.41) is 2.71. The Balaban J connectivity index is 1.68. The van der Waals surface area contributed by atoms with Gasteiger partial charge in [0.2, 0.25) is 0 Å². The fraction of sp³-hybridized carbons (Fsp3) is 0.364. The molecular weight excluding hydrogens is 374 g/mol. The van der Waals surface area contributed by atoms with Gasteiger partial charge in [0, 0.05) is 6.54 Å². The lowest BCUT2D eigenvalue weighted by molar-refractivity contribution is -0.150. The van der Waals surface area contributed by atoms with E-state index < -0.39 is 5.97 Å². The van der Waals surface area contributed by atoms with Gasteiger partial charge in [0.25, 0.3) is 5.91 Å². The first kappa shape index (κ1) is 22.1. The number of methoxy groups -OCH3 is 2. The van der Waals surface area contributed by atoms with Gasteiger partial charge in [0.15, 0.2) is 24.7 Å². The van der Waals surface area contributed by atoms with Crippen molar-refractivity contribution in [2.75, 3.05) is 34.0 Å². The number of hydrogen-bond acceptors (Lipinski definition) is 6. The Bertz CT molecular complexity index is 849. The third kappa shape index (κ3) is 7.03. The molecule has 7 heteroatoms. The first-order valence-electron chi connectivity index (χ1n) is 9.26. The third-order valence-electron chi connectivity index (χ3n) is 4.22. The maximum absolute atomic E-state index is 11.9. The second-order valence-electron chi connectivity index (χ2n) is 6.51. The molecule has 2 aromatic carbocycles. The fourth-order valence-corrected chi connectivity index (χ4v) is 2.72. The molecule has 0 saturated heterocycles. The SMILES string of the molecule is COc1ccc(CCNC(=O)COC(=O)COc2ccc(C)cc2C)cc1OC. The van der Waals surface area contributed by atoms with Crippen LogP contribution in [0.25, 0.3) is 0 Å². The molecule has 2 aromatic rings. The molecule has 0 aliphatic rings. The van der Waals surface area contributed by atoms with E-state index in [0.29, 0.717) is 30.2 Å². The summed E-state index contributed by atoms with van der Waals surface area (Å²) in [6, 6.07) is 11.2. The van der Waals surface area contributed by atoms with Crippen LogP contribution in [0.1, 0.15) is 16.7 Å². The Morgan fingerprint density at radius 3 is 2.31 bits per heavy atom. The number of carbonyl (C=O) groups is 2. The van der Waals surface area contributed by atoms with Gasteiger partial charge in [-0.05, 0) is 49.6 Å². The maximum atomic E-state index is 11.9. The molecule has 7 nitrogen and oxygen atoms in total. The molecular formula is C22H27NO6. The average molecular weight is 401 g/mol. The molecule has 0 aliphatic carbocycles. The minimum atomic E-state index is -0.597. The summed E-state index contributed by atoms with van der Waals surface area (Å²) >= 11 is 0. The highest BCUT2D eigenvalue weighted by atomic mass is 16.6. The molecule has 1 N–H and O–H groups in total. The summed E-state index contributed by atoms with van der Waals surface area (Å²) < 4.78 is 20.8. The molecule has 0 heterocycles. The Morgan fingerprint density at radius 2 is 1.62 bits per heavy atom. The Kier molecular flexibility index (Phi) is 8.33. The van der Waals surface area contributed by atoms with Gasteiger partial charge < -0.3 is 24.3 Å². The Hall–Kier alpha value is -3.22. The summed E-state index contributed by atoms with van der Waals surface area (Å²) in [5.74, 6) is 0.932. The van der Waals surface area contributed by atoms with Crippen molar-refractivity contribution >= 4 is 11.9 Å². The topological polar surface area (TPSA) is 83.1 Å². The van der Waals surface area contributed by atoms with Crippen LogP contribution in [0, 0.1) is 13.8 Å². The van der Waals surface area contributed by atoms with E-state index in [9.17, 15) is 9.59 Å². The van der Waals surface area contributed by atoms with Crippen molar-refractivity contribution in [1.29, 1.82) is 0 Å². The molecule has 0 atom stereocenters. The van der Waals surface area contributed by atoms with Gasteiger partial charge in [-0.3, -0.25) is 4.79 Å². The highest BCUT2D eigenvalue weighted by Gasteiger charge is 2.10. The molecule has 0 bridgehead atoms. The standard InChI is InChI=1S/C22H27NO6/c1-15-5-7-18(16(2)11-15)28-14-22(25)29-13-21(24)23-10-9-17-6-8-19(26-3)20(12-17)27-4/h5-8,11-12H,9-10,13-14H2,1-4H3,(H,23,24). The lowest BCUT2D eigenvalue weighted by Crippen LogP contribution is -2.31. The summed E-state index contributed by atoms with van der Waals surface area (Å²) in [5.41, 5.74) is 3.04. The van der Waals surface area contributed by atoms with Crippen molar-refractivity contribution in [3.63, 3.8) is 0 Å². The second kappa shape index (κ2) is 10.9. The molecule has 2 rings (SSSR count). The molecule has 29 heavy (non-hydrogen) atoms. The zero-order chi connectivity index (χ0) is 21.2. The van der Waals surface area contributed by atoms with Crippen LogP contribution in [0.4, 0.5) is 0 Å². The van der Waals surface area contributed by atoms with Gasteiger partial charge in [0.05, 0.1) is 14.2 Å². The minimum absolute atomic E-state index is 0.247. The van der Waals surface area contributed by atoms with Crippen LogP contribution in [0.3, 0.4) is 0 Å². The van der Waals surface area contributed by atoms with E-state index in [1.54, 1.807) is 20.3 Å². The summed E-state index contributed by atoms with van der Waals surface area (Å²) in [6.07, 6.45) is 0.607. The van der Waals surface area contributed by atoms with Gasteiger partial charge in [-0.2, -0.15) is 0 Å². The van der Waals surface area contributed by atoms with E-state index in [4.69, 9.17) is 18.9 Å². The van der Waals surface area contributed by atoms with Crippen LogP contribution < -0.4 is 19.5 Å². The van der Waals surface area contributed by atoms with Gasteiger partial charge >= 0.3 is 5.97 Å². The summed E-state index contributed by atoms with van der Waals surface area (Å²) in [7, 11) is 3.15. The van der Waals surface area contributed by atoms with E-state index in [2.05, 4.69) is 5.32 Å². The van der Waals surface area contributed by atoms with Crippen LogP contribution in [0.15, 0.2) is 36.4 Å². The predicted molar refractivity (Wildman–Crippen MR) is 109 cm³/mol. The average Bonchev–Trinajstić information content (AvgIpc) is 2.71. The smallest absolute Gasteiger partial charge is 0.344 e. The number of ether oxygens (including phenoxy) is 4. The van der Waals surface area contributed by atoms with Gasteiger partial charge in [-0.15, -0.1) is 0 Å². The van der Waals surface area contributed by atoms with Crippen molar-refractivity contribution in [2.45, 2.75) is 20.3 Å². The number of hydrogen-bond donors (Lipinski definition) is 1. The molecule has 0 radical (unpaired) electrons. The summed E-state index contributed by atoms with van der Waals surface area (Å²) in [4.78, 5) is 23.6. The second-order valence-corrected chi connectivity index (χ2v) is 6.51. The molecule has 0 saturated carbocycles. The number of carbonyl (C=O) groups excluding carboxylic acids is 2. The predicted octanol–water partition coefficient (Wildman–Crippen LogP) is 2.60. The van der Waals surface area contributed by atoms with Gasteiger partial charge in [-0.25, -0.2) is 4.79 Å². The van der Waals surface area contributed by atoms with E-state index in [1.165, 1.54) is 0 Å². The van der Waals surface area contributed by atoms with Crippen LogP contribution in [0.2, 0.25) is 0 Å². The maximum Gasteiger partial charge on any atom is 0.344 e. The van der Waals surface area contributed by atoms with E-state index in [0.717, 1.165) is 16.7 Å². The van der Waals surface area contributed by atoms with Crippen LogP contribution in [-0.2, 0) is 20.7 Å². The first-order valence-corrected chi connectivity index (χ1v) is 9.26. The van der Waals surface area contributed by atoms with Crippen molar-refractivity contribution in [2.24, 2.45) is 0 Å². The third-order valence-corrected chi connectivity index (χ3v) is 4.22. The molecule has 0 spiro atoms. The zero-order valence-electron chi connectivity index (χ0n) is 17.2. The lowest BCUT2D eigenvalue weighted by Gasteiger charge is -2.11. The molecule has 0 fully saturated rings. The van der Waals surface area contributed by atoms with Crippen molar-refractivity contribution in [3.05, 3.63) is 53.1 Å². The zero-order valence-corrected chi connectivity index (χ0v) is 17.2. The molecule has 0 aromatic heterocycles. The van der Waals surface area contributed by atoms with E-state index in [-0.39, 0.29) is 19.1 Å². The van der Waals surface area contributed by atoms with Crippen LogP contribution >= 0.6 is 0 Å². The highest BCUT2D eigenvalue weighted by molar-refractivity contribution is 5.80. The van der Waals surface area contributed by atoms with E-state index in [1.807, 2.05) is 44.2 Å². The normalized spacial score (nSPS) is 10.2. The lowest BCUT2D eigenvalue weighted by atomic mass is 10.1. The van der Waals surface area contributed by atoms with Crippen molar-refractivity contribution in [3.8, 4) is 17.2 Å². The van der Waals surface area contributed by atoms with E-state index >= 15 is 0 Å². The monoisotopic (exact) mass is 401 g/mol. The number of nitrogens with one attached hydrogen (secondary N) is 1.